The summed E-state index contributed by atoms with van der Waals surface area (Å²) < 4.78 is 38.1. The molecule has 10 heteroatoms. The van der Waals surface area contributed by atoms with Crippen LogP contribution in [-0.2, 0) is 6.18 Å². The van der Waals surface area contributed by atoms with Crippen molar-refractivity contribution in [2.45, 2.75) is 57.4 Å². The van der Waals surface area contributed by atoms with Crippen molar-refractivity contribution in [2.75, 3.05) is 31.5 Å². The van der Waals surface area contributed by atoms with Crippen LogP contribution >= 0.6 is 0 Å². The maximum atomic E-state index is 12.7. The smallest absolute Gasteiger partial charge is 0.357 e. The van der Waals surface area contributed by atoms with E-state index in [4.69, 9.17) is 0 Å². The lowest BCUT2D eigenvalue weighted by atomic mass is 10.2. The molecule has 1 saturated heterocycles. The lowest BCUT2D eigenvalue weighted by Crippen LogP contribution is -2.45. The summed E-state index contributed by atoms with van der Waals surface area (Å²) in [6.07, 6.45) is 0.298. The Hall–Kier alpha value is -2.10. The number of nitrogens with zero attached hydrogens (tertiary/aromatic N) is 4. The van der Waals surface area contributed by atoms with Gasteiger partial charge < -0.3 is 16.0 Å². The number of alkyl halides is 3. The van der Waals surface area contributed by atoms with Gasteiger partial charge in [-0.15, -0.1) is 0 Å². The Morgan fingerprint density at radius 2 is 2.14 bits per heavy atom. The molecule has 1 saturated carbocycles. The molecule has 2 heterocycles. The predicted octanol–water partition coefficient (Wildman–Crippen LogP) is 2.09. The van der Waals surface area contributed by atoms with Gasteiger partial charge >= 0.3 is 6.18 Å². The third-order valence-electron chi connectivity index (χ3n) is 4.93. The van der Waals surface area contributed by atoms with Crippen molar-refractivity contribution in [3.63, 3.8) is 0 Å². The molecule has 2 aliphatic rings. The Kier molecular flexibility index (Phi) is 6.58. The molecular weight excluding hydrogens is 371 g/mol. The molecule has 0 amide bonds. The van der Waals surface area contributed by atoms with Crippen molar-refractivity contribution < 1.29 is 13.2 Å². The highest BCUT2D eigenvalue weighted by Crippen LogP contribution is 2.33. The van der Waals surface area contributed by atoms with E-state index < -0.39 is 11.9 Å². The van der Waals surface area contributed by atoms with Gasteiger partial charge in [-0.25, -0.2) is 9.97 Å². The quantitative estimate of drug-likeness (QED) is 0.370. The molecule has 3 rings (SSSR count). The molecule has 2 fully saturated rings. The zero-order valence-electron chi connectivity index (χ0n) is 16.3. The van der Waals surface area contributed by atoms with Crippen molar-refractivity contribution in [1.29, 1.82) is 0 Å². The SMILES string of the molecule is CCNC(=NCCNc1nccc(C(F)(F)F)n1)NC1CC(C)N(C2CC2)C1. The first-order valence-corrected chi connectivity index (χ1v) is 9.81. The molecule has 2 unspecified atom stereocenters. The minimum absolute atomic E-state index is 0.0484. The Bertz CT molecular complexity index is 675. The second-order valence-electron chi connectivity index (χ2n) is 7.30. The van der Waals surface area contributed by atoms with Gasteiger partial charge in [-0.05, 0) is 39.2 Å². The van der Waals surface area contributed by atoms with E-state index in [-0.39, 0.29) is 5.95 Å². The first-order chi connectivity index (χ1) is 13.4. The number of nitrogens with one attached hydrogen (secondary N) is 3. The highest BCUT2D eigenvalue weighted by molar-refractivity contribution is 5.80. The first-order valence-electron chi connectivity index (χ1n) is 9.81. The molecule has 28 heavy (non-hydrogen) atoms. The van der Waals surface area contributed by atoms with Crippen molar-refractivity contribution in [3.8, 4) is 0 Å². The second-order valence-corrected chi connectivity index (χ2v) is 7.30. The van der Waals surface area contributed by atoms with E-state index in [0.29, 0.717) is 25.2 Å². The maximum absolute atomic E-state index is 12.7. The third-order valence-corrected chi connectivity index (χ3v) is 4.93. The van der Waals surface area contributed by atoms with Gasteiger partial charge in [0.25, 0.3) is 0 Å². The van der Waals surface area contributed by atoms with E-state index in [1.807, 2.05) is 6.92 Å². The lowest BCUT2D eigenvalue weighted by molar-refractivity contribution is -0.141. The van der Waals surface area contributed by atoms with Crippen molar-refractivity contribution in [3.05, 3.63) is 18.0 Å². The Morgan fingerprint density at radius 3 is 2.82 bits per heavy atom. The minimum atomic E-state index is -4.48. The van der Waals surface area contributed by atoms with Gasteiger partial charge in [0.05, 0.1) is 6.54 Å². The zero-order chi connectivity index (χ0) is 20.1. The van der Waals surface area contributed by atoms with E-state index in [0.717, 1.165) is 43.8 Å². The van der Waals surface area contributed by atoms with E-state index in [9.17, 15) is 13.2 Å². The van der Waals surface area contributed by atoms with Crippen LogP contribution in [0.4, 0.5) is 19.1 Å². The highest BCUT2D eigenvalue weighted by atomic mass is 19.4. The molecule has 156 valence electrons. The van der Waals surface area contributed by atoms with Crippen molar-refractivity contribution >= 4 is 11.9 Å². The number of aliphatic imine (C=N–C) groups is 1. The Balaban J connectivity index is 1.48. The summed E-state index contributed by atoms with van der Waals surface area (Å²) in [7, 11) is 0. The predicted molar refractivity (Wildman–Crippen MR) is 102 cm³/mol. The largest absolute Gasteiger partial charge is 0.433 e. The second kappa shape index (κ2) is 8.93. The zero-order valence-corrected chi connectivity index (χ0v) is 16.3. The maximum Gasteiger partial charge on any atom is 0.433 e. The lowest BCUT2D eigenvalue weighted by Gasteiger charge is -2.20. The fraction of sp³-hybridized carbons (Fsp3) is 0.722. The number of halogens is 3. The topological polar surface area (TPSA) is 77.5 Å². The molecule has 2 atom stereocenters. The van der Waals surface area contributed by atoms with Crippen LogP contribution in [0.5, 0.6) is 0 Å². The molecular formula is C18H28F3N7. The Labute approximate surface area is 163 Å². The van der Waals surface area contributed by atoms with Gasteiger partial charge in [-0.1, -0.05) is 0 Å². The Morgan fingerprint density at radius 1 is 1.36 bits per heavy atom. The molecule has 1 aliphatic carbocycles. The van der Waals surface area contributed by atoms with Gasteiger partial charge in [0.1, 0.15) is 5.69 Å². The van der Waals surface area contributed by atoms with Crippen molar-refractivity contribution in [2.24, 2.45) is 4.99 Å². The molecule has 1 aliphatic heterocycles. The summed E-state index contributed by atoms with van der Waals surface area (Å²) in [6.45, 7) is 6.76. The number of aromatic nitrogens is 2. The summed E-state index contributed by atoms with van der Waals surface area (Å²) in [6, 6.07) is 2.53. The van der Waals surface area contributed by atoms with E-state index in [2.05, 4.69) is 42.7 Å². The molecule has 3 N–H and O–H groups in total. The normalized spacial score (nSPS) is 23.7. The summed E-state index contributed by atoms with van der Waals surface area (Å²) in [5, 5.41) is 9.49. The van der Waals surface area contributed by atoms with Crippen LogP contribution in [0, 0.1) is 0 Å². The summed E-state index contributed by atoms with van der Waals surface area (Å²) in [4.78, 5) is 14.4. The van der Waals surface area contributed by atoms with Gasteiger partial charge in [0.2, 0.25) is 5.95 Å². The number of anilines is 1. The van der Waals surface area contributed by atoms with Gasteiger partial charge in [-0.3, -0.25) is 9.89 Å². The third kappa shape index (κ3) is 5.70. The number of hydrogen-bond acceptors (Lipinski definition) is 5. The number of guanidine groups is 1. The first kappa shape index (κ1) is 20.6. The molecule has 1 aromatic rings. The monoisotopic (exact) mass is 399 g/mol. The van der Waals surface area contributed by atoms with Crippen LogP contribution in [0.15, 0.2) is 17.3 Å². The van der Waals surface area contributed by atoms with Crippen molar-refractivity contribution in [1.82, 2.24) is 25.5 Å². The van der Waals surface area contributed by atoms with E-state index in [1.165, 1.54) is 12.8 Å². The summed E-state index contributed by atoms with van der Waals surface area (Å²) in [5.74, 6) is 0.678. The molecule has 0 spiro atoms. The van der Waals surface area contributed by atoms with Gasteiger partial charge in [-0.2, -0.15) is 13.2 Å². The van der Waals surface area contributed by atoms with Gasteiger partial charge in [0, 0.05) is 44.0 Å². The highest BCUT2D eigenvalue weighted by Gasteiger charge is 2.39. The average molecular weight is 399 g/mol. The number of likely N-dealkylation sites (tertiary alicyclic amines) is 1. The minimum Gasteiger partial charge on any atom is -0.357 e. The molecule has 1 aromatic heterocycles. The van der Waals surface area contributed by atoms with Crippen LogP contribution in [0.25, 0.3) is 0 Å². The number of hydrogen-bond donors (Lipinski definition) is 3. The van der Waals surface area contributed by atoms with E-state index >= 15 is 0 Å². The van der Waals surface area contributed by atoms with Crippen LogP contribution in [0.2, 0.25) is 0 Å². The molecule has 7 nitrogen and oxygen atoms in total. The molecule has 0 bridgehead atoms. The van der Waals surface area contributed by atoms with E-state index in [1.54, 1.807) is 0 Å². The fourth-order valence-corrected chi connectivity index (χ4v) is 3.53. The van der Waals surface area contributed by atoms with Gasteiger partial charge in [0.15, 0.2) is 5.96 Å². The summed E-state index contributed by atoms with van der Waals surface area (Å²) >= 11 is 0. The van der Waals surface area contributed by atoms with Crippen LogP contribution < -0.4 is 16.0 Å². The average Bonchev–Trinajstić information content (AvgIpc) is 3.42. The fourth-order valence-electron chi connectivity index (χ4n) is 3.53. The van der Waals surface area contributed by atoms with Crippen LogP contribution in [-0.4, -0.2) is 65.1 Å². The van der Waals surface area contributed by atoms with Crippen LogP contribution in [0.1, 0.15) is 38.8 Å². The molecule has 0 radical (unpaired) electrons. The summed E-state index contributed by atoms with van der Waals surface area (Å²) in [5.41, 5.74) is -0.959. The number of rotatable bonds is 7. The standard InChI is InChI=1S/C18H28F3N7/c1-3-22-16(26-13-10-12(2)28(11-13)14-4-5-14)24-8-9-25-17-23-7-6-15(27-17)18(19,20)21/h6-7,12-14H,3-5,8-11H2,1-2H3,(H2,22,24,26)(H,23,25,27). The molecule has 0 aromatic carbocycles. The van der Waals surface area contributed by atoms with Crippen LogP contribution in [0.3, 0.4) is 0 Å².